The van der Waals surface area contributed by atoms with Crippen LogP contribution in [0.5, 0.6) is 0 Å². The van der Waals surface area contributed by atoms with E-state index in [1.54, 1.807) is 29.2 Å². The largest absolute Gasteiger partial charge is 0.414 e. The van der Waals surface area contributed by atoms with Gasteiger partial charge in [0.15, 0.2) is 0 Å². The minimum Gasteiger partial charge on any atom is -0.414 e. The lowest BCUT2D eigenvalue weighted by Crippen LogP contribution is -2.14. The van der Waals surface area contributed by atoms with Gasteiger partial charge < -0.3 is 9.73 Å². The first-order chi connectivity index (χ1) is 11.6. The lowest BCUT2D eigenvalue weighted by atomic mass is 10.3. The molecule has 3 aromatic rings. The Labute approximate surface area is 150 Å². The van der Waals surface area contributed by atoms with Crippen molar-refractivity contribution in [1.82, 2.24) is 25.0 Å². The van der Waals surface area contributed by atoms with Crippen molar-refractivity contribution in [2.75, 3.05) is 11.1 Å². The van der Waals surface area contributed by atoms with E-state index in [4.69, 9.17) is 27.6 Å². The normalized spacial score (nSPS) is 10.8. The van der Waals surface area contributed by atoms with Crippen LogP contribution in [0.1, 0.15) is 5.89 Å². The molecular formula is C13H10Cl2N6O2S. The Morgan fingerprint density at radius 2 is 2.21 bits per heavy atom. The van der Waals surface area contributed by atoms with Gasteiger partial charge in [0, 0.05) is 5.02 Å². The number of thioether (sulfide) groups is 1. The number of hydrogen-bond acceptors (Lipinski definition) is 7. The zero-order valence-corrected chi connectivity index (χ0v) is 14.3. The van der Waals surface area contributed by atoms with E-state index in [0.717, 1.165) is 11.8 Å². The van der Waals surface area contributed by atoms with Crippen LogP contribution < -0.4 is 5.32 Å². The van der Waals surface area contributed by atoms with Gasteiger partial charge in [0.05, 0.1) is 16.5 Å². The second kappa shape index (κ2) is 7.65. The number of hydrogen-bond donors (Lipinski definition) is 1. The first-order valence-corrected chi connectivity index (χ1v) is 8.37. The molecule has 0 radical (unpaired) electrons. The van der Waals surface area contributed by atoms with Gasteiger partial charge in [-0.3, -0.25) is 4.79 Å². The Bertz CT molecular complexity index is 839. The molecule has 24 heavy (non-hydrogen) atoms. The Morgan fingerprint density at radius 1 is 1.33 bits per heavy atom. The Balaban J connectivity index is 1.53. The average molecular weight is 385 g/mol. The molecule has 0 aliphatic heterocycles. The zero-order valence-electron chi connectivity index (χ0n) is 12.0. The summed E-state index contributed by atoms with van der Waals surface area (Å²) in [5.74, 6) is 0.204. The second-order valence-corrected chi connectivity index (χ2v) is 6.29. The van der Waals surface area contributed by atoms with Gasteiger partial charge in [-0.05, 0) is 18.2 Å². The topological polar surface area (TPSA) is 98.7 Å². The molecule has 0 spiro atoms. The SMILES string of the molecule is O=C(CSc1nnc(Cn2cncn2)o1)Nc1cc(Cl)ccc1Cl. The fourth-order valence-corrected chi connectivity index (χ4v) is 2.64. The van der Waals surface area contributed by atoms with Crippen LogP contribution in [0.25, 0.3) is 0 Å². The number of carbonyl (C=O) groups excluding carboxylic acids is 1. The number of carbonyl (C=O) groups is 1. The molecule has 8 nitrogen and oxygen atoms in total. The Hall–Kier alpha value is -2.10. The molecule has 0 bridgehead atoms. The number of rotatable bonds is 6. The summed E-state index contributed by atoms with van der Waals surface area (Å²) in [6.45, 7) is 0.317. The van der Waals surface area contributed by atoms with Crippen molar-refractivity contribution in [3.8, 4) is 0 Å². The molecule has 0 atom stereocenters. The van der Waals surface area contributed by atoms with Crippen LogP contribution in [-0.4, -0.2) is 36.6 Å². The molecule has 124 valence electrons. The second-order valence-electron chi connectivity index (χ2n) is 4.52. The lowest BCUT2D eigenvalue weighted by molar-refractivity contribution is -0.113. The third-order valence-corrected chi connectivity index (χ3v) is 4.12. The minimum absolute atomic E-state index is 0.0911. The summed E-state index contributed by atoms with van der Waals surface area (Å²) in [4.78, 5) is 15.8. The summed E-state index contributed by atoms with van der Waals surface area (Å²) < 4.78 is 6.98. The molecule has 1 N–H and O–H groups in total. The van der Waals surface area contributed by atoms with Crippen molar-refractivity contribution in [3.05, 3.63) is 46.8 Å². The van der Waals surface area contributed by atoms with E-state index in [1.807, 2.05) is 0 Å². The van der Waals surface area contributed by atoms with Gasteiger partial charge in [-0.1, -0.05) is 35.0 Å². The highest BCUT2D eigenvalue weighted by Crippen LogP contribution is 2.26. The van der Waals surface area contributed by atoms with Crippen LogP contribution in [-0.2, 0) is 11.3 Å². The number of nitrogens with zero attached hydrogens (tertiary/aromatic N) is 5. The first-order valence-electron chi connectivity index (χ1n) is 6.62. The van der Waals surface area contributed by atoms with E-state index >= 15 is 0 Å². The van der Waals surface area contributed by atoms with E-state index < -0.39 is 0 Å². The first kappa shape index (κ1) is 16.7. The van der Waals surface area contributed by atoms with Crippen molar-refractivity contribution < 1.29 is 9.21 Å². The summed E-state index contributed by atoms with van der Waals surface area (Å²) in [6.07, 6.45) is 2.95. The molecule has 0 saturated heterocycles. The van der Waals surface area contributed by atoms with Crippen LogP contribution in [0.4, 0.5) is 5.69 Å². The smallest absolute Gasteiger partial charge is 0.277 e. The number of nitrogens with one attached hydrogen (secondary N) is 1. The van der Waals surface area contributed by atoms with E-state index in [9.17, 15) is 4.79 Å². The molecule has 2 aromatic heterocycles. The van der Waals surface area contributed by atoms with Crippen LogP contribution in [0.3, 0.4) is 0 Å². The summed E-state index contributed by atoms with van der Waals surface area (Å²) in [7, 11) is 0. The summed E-state index contributed by atoms with van der Waals surface area (Å²) >= 11 is 13.0. The fraction of sp³-hybridized carbons (Fsp3) is 0.154. The minimum atomic E-state index is -0.264. The van der Waals surface area contributed by atoms with Crippen molar-refractivity contribution in [2.45, 2.75) is 11.8 Å². The standard InChI is InChI=1S/C13H10Cl2N6O2S/c14-8-1-2-9(15)10(3-8)18-11(22)5-24-13-20-19-12(23-13)4-21-7-16-6-17-21/h1-3,6-7H,4-5H2,(H,18,22). The average Bonchev–Trinajstić information content (AvgIpc) is 3.21. The molecule has 0 aliphatic rings. The monoisotopic (exact) mass is 384 g/mol. The highest BCUT2D eigenvalue weighted by molar-refractivity contribution is 7.99. The molecule has 11 heteroatoms. The maximum absolute atomic E-state index is 12.0. The maximum Gasteiger partial charge on any atom is 0.277 e. The van der Waals surface area contributed by atoms with Gasteiger partial charge in [-0.15, -0.1) is 10.2 Å². The van der Waals surface area contributed by atoms with Gasteiger partial charge in [0.2, 0.25) is 11.8 Å². The number of amides is 1. The molecule has 0 unspecified atom stereocenters. The van der Waals surface area contributed by atoms with Gasteiger partial charge in [0.1, 0.15) is 19.2 Å². The van der Waals surface area contributed by atoms with Gasteiger partial charge >= 0.3 is 0 Å². The third kappa shape index (κ3) is 4.47. The molecule has 0 fully saturated rings. The van der Waals surface area contributed by atoms with Crippen LogP contribution in [0.15, 0.2) is 40.5 Å². The van der Waals surface area contributed by atoms with Crippen molar-refractivity contribution in [1.29, 1.82) is 0 Å². The Morgan fingerprint density at radius 3 is 3.00 bits per heavy atom. The van der Waals surface area contributed by atoms with E-state index in [2.05, 4.69) is 25.6 Å². The third-order valence-electron chi connectivity index (χ3n) is 2.74. The van der Waals surface area contributed by atoms with Crippen LogP contribution in [0, 0.1) is 0 Å². The number of aromatic nitrogens is 5. The maximum atomic E-state index is 12.0. The van der Waals surface area contributed by atoms with Crippen molar-refractivity contribution in [2.24, 2.45) is 0 Å². The summed E-state index contributed by atoms with van der Waals surface area (Å²) in [5, 5.41) is 15.5. The zero-order chi connectivity index (χ0) is 16.9. The number of anilines is 1. The quantitative estimate of drug-likeness (QED) is 0.652. The van der Waals surface area contributed by atoms with E-state index in [0.29, 0.717) is 28.2 Å². The number of halogens is 2. The molecular weight excluding hydrogens is 375 g/mol. The predicted octanol–water partition coefficient (Wildman–Crippen LogP) is 2.75. The van der Waals surface area contributed by atoms with E-state index in [1.165, 1.54) is 6.33 Å². The van der Waals surface area contributed by atoms with Gasteiger partial charge in [-0.25, -0.2) is 9.67 Å². The van der Waals surface area contributed by atoms with Crippen LogP contribution >= 0.6 is 35.0 Å². The van der Waals surface area contributed by atoms with Crippen molar-refractivity contribution in [3.63, 3.8) is 0 Å². The molecule has 3 rings (SSSR count). The Kier molecular flexibility index (Phi) is 5.34. The van der Waals surface area contributed by atoms with Crippen molar-refractivity contribution >= 4 is 46.6 Å². The summed E-state index contributed by atoms with van der Waals surface area (Å²) in [6, 6.07) is 4.83. The number of benzene rings is 1. The highest BCUT2D eigenvalue weighted by atomic mass is 35.5. The predicted molar refractivity (Wildman–Crippen MR) is 89.2 cm³/mol. The molecule has 0 saturated carbocycles. The fourth-order valence-electron chi connectivity index (χ4n) is 1.72. The molecule has 1 aromatic carbocycles. The van der Waals surface area contributed by atoms with Gasteiger partial charge in [-0.2, -0.15) is 5.10 Å². The molecule has 0 aliphatic carbocycles. The van der Waals surface area contributed by atoms with E-state index in [-0.39, 0.29) is 16.9 Å². The van der Waals surface area contributed by atoms with Crippen LogP contribution in [0.2, 0.25) is 10.0 Å². The summed E-state index contributed by atoms with van der Waals surface area (Å²) in [5.41, 5.74) is 0.451. The van der Waals surface area contributed by atoms with Gasteiger partial charge in [0.25, 0.3) is 5.22 Å². The highest BCUT2D eigenvalue weighted by Gasteiger charge is 2.12. The molecule has 1 amide bonds. The molecule has 2 heterocycles. The lowest BCUT2D eigenvalue weighted by Gasteiger charge is -2.06.